The third kappa shape index (κ3) is 3.73. The molecule has 1 fully saturated rings. The first-order valence-corrected chi connectivity index (χ1v) is 4.63. The van der Waals surface area contributed by atoms with E-state index in [0.717, 1.165) is 19.3 Å². The van der Waals surface area contributed by atoms with E-state index >= 15 is 0 Å². The minimum Gasteiger partial charge on any atom is -0.394 e. The Morgan fingerprint density at radius 2 is 1.82 bits per heavy atom. The van der Waals surface area contributed by atoms with Gasteiger partial charge in [0.05, 0.1) is 18.8 Å². The number of ether oxygens (including phenoxy) is 1. The smallest absolute Gasteiger partial charge is 0.0810 e. The Labute approximate surface area is 69.6 Å². The first kappa shape index (κ1) is 10.9. The summed E-state index contributed by atoms with van der Waals surface area (Å²) in [6, 6.07) is 0. The summed E-state index contributed by atoms with van der Waals surface area (Å²) in [4.78, 5) is 0. The normalized spacial score (nSPS) is 29.5. The molecule has 1 N–H and O–H groups in total. The lowest BCUT2D eigenvalue weighted by atomic mass is 10.2. The molecule has 0 spiro atoms. The number of rotatable bonds is 2. The van der Waals surface area contributed by atoms with E-state index in [-0.39, 0.29) is 12.7 Å². The van der Waals surface area contributed by atoms with Crippen LogP contribution in [0.25, 0.3) is 0 Å². The van der Waals surface area contributed by atoms with Crippen molar-refractivity contribution in [2.45, 2.75) is 52.2 Å². The quantitative estimate of drug-likeness (QED) is 0.669. The number of aliphatic hydroxyl groups excluding tert-OH is 1. The highest BCUT2D eigenvalue weighted by atomic mass is 16.5. The molecule has 1 aliphatic rings. The number of hydrogen-bond acceptors (Lipinski definition) is 2. The molecule has 1 heterocycles. The highest BCUT2D eigenvalue weighted by Crippen LogP contribution is 2.20. The van der Waals surface area contributed by atoms with E-state index in [1.807, 2.05) is 13.8 Å². The molecule has 1 saturated heterocycles. The monoisotopic (exact) mass is 160 g/mol. The Balaban J connectivity index is 0.000000461. The molecule has 2 unspecified atom stereocenters. The van der Waals surface area contributed by atoms with Crippen LogP contribution in [-0.2, 0) is 4.74 Å². The maximum atomic E-state index is 8.65. The van der Waals surface area contributed by atoms with E-state index in [0.29, 0.717) is 6.10 Å². The highest BCUT2D eigenvalue weighted by molar-refractivity contribution is 4.71. The molecule has 11 heavy (non-hydrogen) atoms. The van der Waals surface area contributed by atoms with Crippen molar-refractivity contribution in [3.05, 3.63) is 0 Å². The van der Waals surface area contributed by atoms with Gasteiger partial charge in [-0.25, -0.2) is 0 Å². The van der Waals surface area contributed by atoms with Crippen molar-refractivity contribution >= 4 is 0 Å². The third-order valence-corrected chi connectivity index (χ3v) is 1.85. The maximum Gasteiger partial charge on any atom is 0.0810 e. The zero-order chi connectivity index (χ0) is 8.69. The van der Waals surface area contributed by atoms with Gasteiger partial charge >= 0.3 is 0 Å². The molecule has 0 amide bonds. The van der Waals surface area contributed by atoms with Crippen LogP contribution >= 0.6 is 0 Å². The Kier molecular flexibility index (Phi) is 6.57. The Morgan fingerprint density at radius 1 is 1.27 bits per heavy atom. The van der Waals surface area contributed by atoms with Crippen LogP contribution in [0.3, 0.4) is 0 Å². The van der Waals surface area contributed by atoms with Crippen LogP contribution in [0.5, 0.6) is 0 Å². The molecule has 1 rings (SSSR count). The summed E-state index contributed by atoms with van der Waals surface area (Å²) in [6.07, 6.45) is 3.80. The van der Waals surface area contributed by atoms with E-state index < -0.39 is 0 Å². The van der Waals surface area contributed by atoms with Crippen molar-refractivity contribution < 1.29 is 9.84 Å². The van der Waals surface area contributed by atoms with Crippen molar-refractivity contribution in [3.63, 3.8) is 0 Å². The van der Waals surface area contributed by atoms with Crippen LogP contribution in [0.1, 0.15) is 40.0 Å². The lowest BCUT2D eigenvalue weighted by molar-refractivity contribution is 0.0106. The molecule has 68 valence electrons. The molecular weight excluding hydrogens is 140 g/mol. The summed E-state index contributed by atoms with van der Waals surface area (Å²) in [5.74, 6) is 0. The van der Waals surface area contributed by atoms with E-state index in [1.165, 1.54) is 0 Å². The molecule has 2 heteroatoms. The van der Waals surface area contributed by atoms with Gasteiger partial charge in [0.2, 0.25) is 0 Å². The van der Waals surface area contributed by atoms with Gasteiger partial charge in [-0.05, 0) is 19.3 Å². The van der Waals surface area contributed by atoms with Gasteiger partial charge < -0.3 is 9.84 Å². The van der Waals surface area contributed by atoms with E-state index in [9.17, 15) is 0 Å². The van der Waals surface area contributed by atoms with Crippen molar-refractivity contribution in [2.75, 3.05) is 6.61 Å². The molecule has 0 radical (unpaired) electrons. The summed E-state index contributed by atoms with van der Waals surface area (Å²) in [6.45, 7) is 6.31. The van der Waals surface area contributed by atoms with E-state index in [2.05, 4.69) is 6.92 Å². The molecule has 0 aromatic rings. The zero-order valence-corrected chi connectivity index (χ0v) is 7.84. The van der Waals surface area contributed by atoms with Crippen molar-refractivity contribution in [3.8, 4) is 0 Å². The van der Waals surface area contributed by atoms with Gasteiger partial charge in [0, 0.05) is 0 Å². The first-order valence-electron chi connectivity index (χ1n) is 4.63. The van der Waals surface area contributed by atoms with E-state index in [1.54, 1.807) is 0 Å². The third-order valence-electron chi connectivity index (χ3n) is 1.85. The predicted octanol–water partition coefficient (Wildman–Crippen LogP) is 1.96. The lowest BCUT2D eigenvalue weighted by Gasteiger charge is -2.08. The molecule has 0 saturated carbocycles. The van der Waals surface area contributed by atoms with Gasteiger partial charge in [-0.15, -0.1) is 0 Å². The summed E-state index contributed by atoms with van der Waals surface area (Å²) in [5, 5.41) is 8.65. The SMILES string of the molecule is CC.CCC1CCC(CO)O1. The molecule has 0 aromatic carbocycles. The Hall–Kier alpha value is -0.0800. The average Bonchev–Trinajstić information content (AvgIpc) is 2.55. The second-order valence-corrected chi connectivity index (χ2v) is 2.55. The summed E-state index contributed by atoms with van der Waals surface area (Å²) < 4.78 is 5.41. The van der Waals surface area contributed by atoms with Crippen molar-refractivity contribution in [2.24, 2.45) is 0 Å². The molecule has 0 bridgehead atoms. The van der Waals surface area contributed by atoms with Crippen LogP contribution in [-0.4, -0.2) is 23.9 Å². The zero-order valence-electron chi connectivity index (χ0n) is 7.84. The molecular formula is C9H20O2. The summed E-state index contributed by atoms with van der Waals surface area (Å²) in [5.41, 5.74) is 0. The second kappa shape index (κ2) is 6.62. The Bertz CT molecular complexity index is 73.6. The predicted molar refractivity (Wildman–Crippen MR) is 46.6 cm³/mol. The summed E-state index contributed by atoms with van der Waals surface area (Å²) in [7, 11) is 0. The topological polar surface area (TPSA) is 29.5 Å². The first-order chi connectivity index (χ1) is 5.36. The fourth-order valence-corrected chi connectivity index (χ4v) is 1.21. The van der Waals surface area contributed by atoms with Crippen molar-refractivity contribution in [1.29, 1.82) is 0 Å². The van der Waals surface area contributed by atoms with Crippen LogP contribution in [0.15, 0.2) is 0 Å². The molecule has 2 nitrogen and oxygen atoms in total. The van der Waals surface area contributed by atoms with Gasteiger partial charge in [-0.1, -0.05) is 20.8 Å². The molecule has 0 aliphatic carbocycles. The van der Waals surface area contributed by atoms with Crippen LogP contribution in [0.4, 0.5) is 0 Å². The van der Waals surface area contributed by atoms with Crippen LogP contribution < -0.4 is 0 Å². The highest BCUT2D eigenvalue weighted by Gasteiger charge is 2.22. The summed E-state index contributed by atoms with van der Waals surface area (Å²) >= 11 is 0. The largest absolute Gasteiger partial charge is 0.394 e. The van der Waals surface area contributed by atoms with Crippen LogP contribution in [0, 0.1) is 0 Å². The average molecular weight is 160 g/mol. The number of aliphatic hydroxyl groups is 1. The van der Waals surface area contributed by atoms with Gasteiger partial charge in [0.15, 0.2) is 0 Å². The van der Waals surface area contributed by atoms with E-state index in [4.69, 9.17) is 9.84 Å². The molecule has 0 aromatic heterocycles. The van der Waals surface area contributed by atoms with Crippen molar-refractivity contribution in [1.82, 2.24) is 0 Å². The van der Waals surface area contributed by atoms with Gasteiger partial charge in [-0.2, -0.15) is 0 Å². The lowest BCUT2D eigenvalue weighted by Crippen LogP contribution is -2.13. The fourth-order valence-electron chi connectivity index (χ4n) is 1.21. The minimum atomic E-state index is 0.134. The van der Waals surface area contributed by atoms with Crippen LogP contribution in [0.2, 0.25) is 0 Å². The number of hydrogen-bond donors (Lipinski definition) is 1. The van der Waals surface area contributed by atoms with Gasteiger partial charge in [0.1, 0.15) is 0 Å². The minimum absolute atomic E-state index is 0.134. The fraction of sp³-hybridized carbons (Fsp3) is 1.00. The standard InChI is InChI=1S/C7H14O2.C2H6/c1-2-6-3-4-7(5-8)9-6;1-2/h6-8H,2-5H2,1H3;1-2H3. The molecule has 2 atom stereocenters. The van der Waals surface area contributed by atoms with Gasteiger partial charge in [0.25, 0.3) is 0 Å². The Morgan fingerprint density at radius 3 is 2.09 bits per heavy atom. The van der Waals surface area contributed by atoms with Gasteiger partial charge in [-0.3, -0.25) is 0 Å². The maximum absolute atomic E-state index is 8.65. The molecule has 1 aliphatic heterocycles. The second-order valence-electron chi connectivity index (χ2n) is 2.55.